The number of piperidine rings is 1. The van der Waals surface area contributed by atoms with Gasteiger partial charge in [-0.25, -0.2) is 17.9 Å². The standard InChI is InChI=1S/C17H18FN3O5S/c18-14-6-5-12(27(19,24)25)9-13(14)16(22)20-11-3-1-7-21(10-11)17(23)15-4-2-8-26-15/h2,4-6,8-9,11H,1,3,7,10H2,(H,20,22)(H2,19,24,25). The van der Waals surface area contributed by atoms with Crippen LogP contribution in [0.4, 0.5) is 4.39 Å². The number of furan rings is 1. The van der Waals surface area contributed by atoms with Gasteiger partial charge in [0, 0.05) is 19.1 Å². The summed E-state index contributed by atoms with van der Waals surface area (Å²) in [5.41, 5.74) is -0.420. The summed E-state index contributed by atoms with van der Waals surface area (Å²) in [6.45, 7) is 0.753. The molecule has 1 atom stereocenters. The lowest BCUT2D eigenvalue weighted by atomic mass is 10.0. The Kier molecular flexibility index (Phi) is 5.29. The normalized spacial score (nSPS) is 17.6. The molecule has 1 unspecified atom stereocenters. The Bertz CT molecular complexity index is 959. The molecule has 144 valence electrons. The molecule has 0 spiro atoms. The quantitative estimate of drug-likeness (QED) is 0.803. The molecule has 1 fully saturated rings. The van der Waals surface area contributed by atoms with Gasteiger partial charge < -0.3 is 14.6 Å². The van der Waals surface area contributed by atoms with Crippen molar-refractivity contribution >= 4 is 21.8 Å². The first-order valence-electron chi connectivity index (χ1n) is 8.21. The zero-order valence-electron chi connectivity index (χ0n) is 14.2. The van der Waals surface area contributed by atoms with Gasteiger partial charge in [0.05, 0.1) is 16.7 Å². The SMILES string of the molecule is NS(=O)(=O)c1ccc(F)c(C(=O)NC2CCCN(C(=O)c3ccco3)C2)c1. The molecular weight excluding hydrogens is 377 g/mol. The van der Waals surface area contributed by atoms with E-state index in [0.29, 0.717) is 19.4 Å². The molecule has 10 heteroatoms. The van der Waals surface area contributed by atoms with Gasteiger partial charge in [0.1, 0.15) is 5.82 Å². The highest BCUT2D eigenvalue weighted by Gasteiger charge is 2.28. The van der Waals surface area contributed by atoms with Crippen molar-refractivity contribution in [3.63, 3.8) is 0 Å². The molecule has 1 aliphatic rings. The average molecular weight is 395 g/mol. The summed E-state index contributed by atoms with van der Waals surface area (Å²) in [4.78, 5) is 26.0. The number of likely N-dealkylation sites (tertiary alicyclic amines) is 1. The smallest absolute Gasteiger partial charge is 0.289 e. The van der Waals surface area contributed by atoms with Crippen molar-refractivity contribution in [1.29, 1.82) is 0 Å². The van der Waals surface area contributed by atoms with E-state index >= 15 is 0 Å². The second kappa shape index (κ2) is 7.49. The molecule has 2 aromatic rings. The summed E-state index contributed by atoms with van der Waals surface area (Å²) >= 11 is 0. The van der Waals surface area contributed by atoms with E-state index in [0.717, 1.165) is 18.2 Å². The minimum atomic E-state index is -4.06. The first-order valence-corrected chi connectivity index (χ1v) is 9.76. The third kappa shape index (κ3) is 4.34. The summed E-state index contributed by atoms with van der Waals surface area (Å²) in [5.74, 6) is -1.72. The van der Waals surface area contributed by atoms with E-state index in [4.69, 9.17) is 9.56 Å². The van der Waals surface area contributed by atoms with Crippen molar-refractivity contribution in [3.8, 4) is 0 Å². The zero-order valence-corrected chi connectivity index (χ0v) is 15.0. The van der Waals surface area contributed by atoms with Crippen LogP contribution in [0.5, 0.6) is 0 Å². The van der Waals surface area contributed by atoms with Crippen LogP contribution in [-0.2, 0) is 10.0 Å². The van der Waals surface area contributed by atoms with Gasteiger partial charge in [0.15, 0.2) is 5.76 Å². The predicted octanol–water partition coefficient (Wildman–Crippen LogP) is 1.10. The number of halogens is 1. The fourth-order valence-electron chi connectivity index (χ4n) is 2.95. The number of rotatable bonds is 4. The number of sulfonamides is 1. The molecule has 2 heterocycles. The van der Waals surface area contributed by atoms with Gasteiger partial charge in [-0.2, -0.15) is 0 Å². The van der Waals surface area contributed by atoms with E-state index in [9.17, 15) is 22.4 Å². The number of carbonyl (C=O) groups is 2. The molecule has 27 heavy (non-hydrogen) atoms. The average Bonchev–Trinajstić information content (AvgIpc) is 3.15. The highest BCUT2D eigenvalue weighted by molar-refractivity contribution is 7.89. The third-order valence-electron chi connectivity index (χ3n) is 4.29. The molecule has 0 aliphatic carbocycles. The van der Waals surface area contributed by atoms with Crippen molar-refractivity contribution in [2.45, 2.75) is 23.8 Å². The van der Waals surface area contributed by atoms with Gasteiger partial charge in [-0.3, -0.25) is 9.59 Å². The van der Waals surface area contributed by atoms with E-state index in [1.807, 2.05) is 0 Å². The van der Waals surface area contributed by atoms with Crippen molar-refractivity contribution in [2.24, 2.45) is 5.14 Å². The van der Waals surface area contributed by atoms with Gasteiger partial charge >= 0.3 is 0 Å². The van der Waals surface area contributed by atoms with Gasteiger partial charge in [0.25, 0.3) is 11.8 Å². The number of benzene rings is 1. The van der Waals surface area contributed by atoms with Crippen LogP contribution >= 0.6 is 0 Å². The number of primary sulfonamides is 1. The van der Waals surface area contributed by atoms with Crippen LogP contribution in [0.1, 0.15) is 33.8 Å². The minimum Gasteiger partial charge on any atom is -0.459 e. The highest BCUT2D eigenvalue weighted by Crippen LogP contribution is 2.17. The van der Waals surface area contributed by atoms with Crippen LogP contribution < -0.4 is 10.5 Å². The van der Waals surface area contributed by atoms with Gasteiger partial charge in [-0.05, 0) is 43.2 Å². The van der Waals surface area contributed by atoms with Crippen LogP contribution in [0.15, 0.2) is 45.9 Å². The van der Waals surface area contributed by atoms with Crippen molar-refractivity contribution in [1.82, 2.24) is 10.2 Å². The third-order valence-corrected chi connectivity index (χ3v) is 5.20. The molecular formula is C17H18FN3O5S. The molecule has 0 bridgehead atoms. The number of nitrogens with zero attached hydrogens (tertiary/aromatic N) is 1. The Morgan fingerprint density at radius 3 is 2.74 bits per heavy atom. The van der Waals surface area contributed by atoms with E-state index in [1.165, 1.54) is 6.26 Å². The summed E-state index contributed by atoms with van der Waals surface area (Å²) in [7, 11) is -4.06. The maximum Gasteiger partial charge on any atom is 0.289 e. The lowest BCUT2D eigenvalue weighted by Gasteiger charge is -2.32. The van der Waals surface area contributed by atoms with Crippen LogP contribution in [0.3, 0.4) is 0 Å². The Balaban J connectivity index is 1.72. The Morgan fingerprint density at radius 1 is 1.30 bits per heavy atom. The Morgan fingerprint density at radius 2 is 2.07 bits per heavy atom. The van der Waals surface area contributed by atoms with Gasteiger partial charge in [-0.1, -0.05) is 0 Å². The van der Waals surface area contributed by atoms with E-state index in [-0.39, 0.29) is 23.1 Å². The molecule has 1 aromatic carbocycles. The first-order chi connectivity index (χ1) is 12.8. The maximum atomic E-state index is 14.0. The second-order valence-electron chi connectivity index (χ2n) is 6.23. The molecule has 0 saturated carbocycles. The fourth-order valence-corrected chi connectivity index (χ4v) is 3.49. The summed E-state index contributed by atoms with van der Waals surface area (Å²) in [6, 6.07) is 5.53. The summed E-state index contributed by atoms with van der Waals surface area (Å²) in [5, 5.41) is 7.67. The number of hydrogen-bond acceptors (Lipinski definition) is 5. The van der Waals surface area contributed by atoms with Crippen LogP contribution in [0.2, 0.25) is 0 Å². The monoisotopic (exact) mass is 395 g/mol. The van der Waals surface area contributed by atoms with Gasteiger partial charge in [-0.15, -0.1) is 0 Å². The molecule has 3 N–H and O–H groups in total. The molecule has 8 nitrogen and oxygen atoms in total. The Hall–Kier alpha value is -2.72. The van der Waals surface area contributed by atoms with Crippen LogP contribution in [0, 0.1) is 5.82 Å². The first kappa shape index (κ1) is 19.1. The minimum absolute atomic E-state index is 0.203. The number of hydrogen-bond donors (Lipinski definition) is 2. The number of carbonyl (C=O) groups excluding carboxylic acids is 2. The van der Waals surface area contributed by atoms with E-state index in [1.54, 1.807) is 17.0 Å². The lowest BCUT2D eigenvalue weighted by Crippen LogP contribution is -2.49. The van der Waals surface area contributed by atoms with E-state index < -0.39 is 33.4 Å². The topological polar surface area (TPSA) is 123 Å². The largest absolute Gasteiger partial charge is 0.459 e. The maximum absolute atomic E-state index is 14.0. The van der Waals surface area contributed by atoms with Crippen molar-refractivity contribution in [3.05, 3.63) is 53.7 Å². The van der Waals surface area contributed by atoms with Crippen molar-refractivity contribution < 1.29 is 26.8 Å². The van der Waals surface area contributed by atoms with Gasteiger partial charge in [0.2, 0.25) is 10.0 Å². The summed E-state index contributed by atoms with van der Waals surface area (Å²) < 4.78 is 41.9. The molecule has 1 saturated heterocycles. The van der Waals surface area contributed by atoms with Crippen molar-refractivity contribution in [2.75, 3.05) is 13.1 Å². The Labute approximate surface area is 155 Å². The predicted molar refractivity (Wildman–Crippen MR) is 92.9 cm³/mol. The number of nitrogens with one attached hydrogen (secondary N) is 1. The van der Waals surface area contributed by atoms with E-state index in [2.05, 4.69) is 5.32 Å². The molecule has 3 rings (SSSR count). The van der Waals surface area contributed by atoms with Crippen LogP contribution in [0.25, 0.3) is 0 Å². The van der Waals surface area contributed by atoms with Crippen LogP contribution in [-0.4, -0.2) is 44.3 Å². The molecule has 1 aliphatic heterocycles. The fraction of sp³-hybridized carbons (Fsp3) is 0.294. The number of nitrogens with two attached hydrogens (primary N) is 1. The zero-order chi connectivity index (χ0) is 19.6. The second-order valence-corrected chi connectivity index (χ2v) is 7.79. The number of amides is 2. The molecule has 2 amide bonds. The summed E-state index contributed by atoms with van der Waals surface area (Å²) in [6.07, 6.45) is 2.65. The molecule has 0 radical (unpaired) electrons. The highest BCUT2D eigenvalue weighted by atomic mass is 32.2. The molecule has 1 aromatic heterocycles. The lowest BCUT2D eigenvalue weighted by molar-refractivity contribution is 0.0646.